The highest BCUT2D eigenvalue weighted by atomic mass is 16.5. The van der Waals surface area contributed by atoms with E-state index in [-0.39, 0.29) is 29.1 Å². The number of nitrogens with one attached hydrogen (secondary N) is 1. The van der Waals surface area contributed by atoms with Gasteiger partial charge in [0, 0.05) is 17.8 Å². The third-order valence-corrected chi connectivity index (χ3v) is 2.60. The first-order valence-electron chi connectivity index (χ1n) is 6.45. The monoisotopic (exact) mass is 281 g/mol. The van der Waals surface area contributed by atoms with Crippen LogP contribution in [-0.4, -0.2) is 35.8 Å². The van der Waals surface area contributed by atoms with Crippen molar-refractivity contribution < 1.29 is 14.6 Å². The summed E-state index contributed by atoms with van der Waals surface area (Å²) >= 11 is 0. The summed E-state index contributed by atoms with van der Waals surface area (Å²) in [5.41, 5.74) is 11.3. The fraction of sp³-hybridized carbons (Fsp3) is 0.500. The van der Waals surface area contributed by atoms with Crippen molar-refractivity contribution in [2.24, 2.45) is 5.73 Å². The number of ether oxygens (including phenoxy) is 1. The number of anilines is 1. The Hall–Kier alpha value is -1.79. The molecule has 6 N–H and O–H groups in total. The molecule has 0 aromatic heterocycles. The SMILES string of the molecule is CC(C)(C)NCC(O)COc1cccc(N)c1C(N)=O. The van der Waals surface area contributed by atoms with Gasteiger partial charge in [0.25, 0.3) is 5.91 Å². The lowest BCUT2D eigenvalue weighted by Crippen LogP contribution is -2.42. The molecule has 0 bridgehead atoms. The van der Waals surface area contributed by atoms with Crippen LogP contribution in [0.3, 0.4) is 0 Å². The molecule has 1 atom stereocenters. The second kappa shape index (κ2) is 6.58. The van der Waals surface area contributed by atoms with Crippen LogP contribution in [0.2, 0.25) is 0 Å². The lowest BCUT2D eigenvalue weighted by Gasteiger charge is -2.23. The average molecular weight is 281 g/mol. The predicted octanol–water partition coefficient (Wildman–Crippen LogP) is 0.496. The molecule has 6 nitrogen and oxygen atoms in total. The van der Waals surface area contributed by atoms with Gasteiger partial charge in [0.05, 0.1) is 0 Å². The van der Waals surface area contributed by atoms with Gasteiger partial charge in [0.15, 0.2) is 0 Å². The van der Waals surface area contributed by atoms with E-state index in [2.05, 4.69) is 5.32 Å². The number of primary amides is 1. The van der Waals surface area contributed by atoms with Crippen molar-refractivity contribution >= 4 is 11.6 Å². The van der Waals surface area contributed by atoms with Crippen molar-refractivity contribution in [3.63, 3.8) is 0 Å². The minimum atomic E-state index is -0.698. The molecule has 1 rings (SSSR count). The summed E-state index contributed by atoms with van der Waals surface area (Å²) in [5.74, 6) is -0.368. The highest BCUT2D eigenvalue weighted by Crippen LogP contribution is 2.23. The van der Waals surface area contributed by atoms with Crippen LogP contribution in [0.25, 0.3) is 0 Å². The minimum Gasteiger partial charge on any atom is -0.490 e. The lowest BCUT2D eigenvalue weighted by molar-refractivity contribution is 0.0944. The van der Waals surface area contributed by atoms with Gasteiger partial charge in [0.2, 0.25) is 0 Å². The van der Waals surface area contributed by atoms with Gasteiger partial charge in [-0.15, -0.1) is 0 Å². The van der Waals surface area contributed by atoms with Gasteiger partial charge in [-0.1, -0.05) is 6.07 Å². The summed E-state index contributed by atoms with van der Waals surface area (Å²) in [5, 5.41) is 13.0. The summed E-state index contributed by atoms with van der Waals surface area (Å²) in [6, 6.07) is 4.84. The summed E-state index contributed by atoms with van der Waals surface area (Å²) in [6.07, 6.45) is -0.698. The number of benzene rings is 1. The van der Waals surface area contributed by atoms with Crippen LogP contribution in [0.4, 0.5) is 5.69 Å². The van der Waals surface area contributed by atoms with Crippen LogP contribution < -0.4 is 21.5 Å². The molecule has 0 aliphatic heterocycles. The lowest BCUT2D eigenvalue weighted by atomic mass is 10.1. The third-order valence-electron chi connectivity index (χ3n) is 2.60. The van der Waals surface area contributed by atoms with Gasteiger partial charge in [-0.2, -0.15) is 0 Å². The number of nitrogen functional groups attached to an aromatic ring is 1. The van der Waals surface area contributed by atoms with E-state index in [1.54, 1.807) is 18.2 Å². The Bertz CT molecular complexity index is 469. The standard InChI is InChI=1S/C14H23N3O3/c1-14(2,3)17-7-9(18)8-20-11-6-4-5-10(15)12(11)13(16)19/h4-6,9,17-18H,7-8,15H2,1-3H3,(H2,16,19). The third kappa shape index (κ3) is 5.07. The Kier molecular flexibility index (Phi) is 5.35. The van der Waals surface area contributed by atoms with Gasteiger partial charge >= 0.3 is 0 Å². The van der Waals surface area contributed by atoms with Crippen molar-refractivity contribution in [3.8, 4) is 5.75 Å². The van der Waals surface area contributed by atoms with E-state index in [4.69, 9.17) is 16.2 Å². The molecule has 0 heterocycles. The molecular formula is C14H23N3O3. The molecule has 0 fully saturated rings. The molecule has 20 heavy (non-hydrogen) atoms. The average Bonchev–Trinajstić information content (AvgIpc) is 2.32. The maximum Gasteiger partial charge on any atom is 0.254 e. The first-order valence-corrected chi connectivity index (χ1v) is 6.45. The van der Waals surface area contributed by atoms with Gasteiger partial charge in [-0.25, -0.2) is 0 Å². The molecular weight excluding hydrogens is 258 g/mol. The minimum absolute atomic E-state index is 0.0484. The van der Waals surface area contributed by atoms with Crippen molar-refractivity contribution in [2.45, 2.75) is 32.4 Å². The molecule has 0 radical (unpaired) electrons. The van der Waals surface area contributed by atoms with E-state index in [9.17, 15) is 9.90 Å². The molecule has 0 saturated carbocycles. The summed E-state index contributed by atoms with van der Waals surface area (Å²) < 4.78 is 5.44. The Balaban J connectivity index is 2.62. The Morgan fingerprint density at radius 2 is 2.10 bits per heavy atom. The van der Waals surface area contributed by atoms with Crippen molar-refractivity contribution in [2.75, 3.05) is 18.9 Å². The smallest absolute Gasteiger partial charge is 0.254 e. The first kappa shape index (κ1) is 16.3. The normalized spacial score (nSPS) is 13.0. The number of hydrogen-bond acceptors (Lipinski definition) is 5. The number of aliphatic hydroxyl groups excluding tert-OH is 1. The fourth-order valence-corrected chi connectivity index (χ4v) is 1.60. The number of hydrogen-bond donors (Lipinski definition) is 4. The zero-order valence-electron chi connectivity index (χ0n) is 12.1. The van der Waals surface area contributed by atoms with Crippen LogP contribution in [-0.2, 0) is 0 Å². The highest BCUT2D eigenvalue weighted by Gasteiger charge is 2.16. The van der Waals surface area contributed by atoms with Crippen LogP contribution in [0.1, 0.15) is 31.1 Å². The number of rotatable bonds is 6. The molecule has 0 aliphatic carbocycles. The number of carbonyl (C=O) groups excluding carboxylic acids is 1. The quantitative estimate of drug-likeness (QED) is 0.567. The van der Waals surface area contributed by atoms with E-state index in [0.29, 0.717) is 6.54 Å². The fourth-order valence-electron chi connectivity index (χ4n) is 1.60. The van der Waals surface area contributed by atoms with Crippen LogP contribution in [0, 0.1) is 0 Å². The van der Waals surface area contributed by atoms with E-state index < -0.39 is 12.0 Å². The highest BCUT2D eigenvalue weighted by molar-refractivity contribution is 6.00. The van der Waals surface area contributed by atoms with Gasteiger partial charge in [0.1, 0.15) is 24.0 Å². The van der Waals surface area contributed by atoms with E-state index in [0.717, 1.165) is 0 Å². The van der Waals surface area contributed by atoms with Gasteiger partial charge < -0.3 is 26.6 Å². The summed E-state index contributed by atoms with van der Waals surface area (Å²) in [6.45, 7) is 6.45. The molecule has 1 unspecified atom stereocenters. The molecule has 1 amide bonds. The number of amides is 1. The summed E-state index contributed by atoms with van der Waals surface area (Å²) in [4.78, 5) is 11.3. The number of β-amino-alcohol motifs (C(OH)–C–C–N with tert-alkyl or cyclic N) is 1. The molecule has 112 valence electrons. The van der Waals surface area contributed by atoms with Crippen molar-refractivity contribution in [1.82, 2.24) is 5.32 Å². The Labute approximate surface area is 119 Å². The van der Waals surface area contributed by atoms with Crippen LogP contribution in [0.15, 0.2) is 18.2 Å². The second-order valence-corrected chi connectivity index (χ2v) is 5.68. The van der Waals surface area contributed by atoms with Gasteiger partial charge in [-0.3, -0.25) is 4.79 Å². The molecule has 1 aromatic rings. The molecule has 0 saturated heterocycles. The molecule has 0 aliphatic rings. The second-order valence-electron chi connectivity index (χ2n) is 5.68. The van der Waals surface area contributed by atoms with Crippen LogP contribution in [0.5, 0.6) is 5.75 Å². The summed E-state index contributed by atoms with van der Waals surface area (Å²) in [7, 11) is 0. The predicted molar refractivity (Wildman–Crippen MR) is 78.6 cm³/mol. The first-order chi connectivity index (χ1) is 9.20. The molecule has 6 heteroatoms. The van der Waals surface area contributed by atoms with Crippen molar-refractivity contribution in [1.29, 1.82) is 0 Å². The van der Waals surface area contributed by atoms with Crippen molar-refractivity contribution in [3.05, 3.63) is 23.8 Å². The maximum absolute atomic E-state index is 11.3. The number of aliphatic hydroxyl groups is 1. The largest absolute Gasteiger partial charge is 0.490 e. The van der Waals surface area contributed by atoms with Crippen LogP contribution >= 0.6 is 0 Å². The number of nitrogens with two attached hydrogens (primary N) is 2. The van der Waals surface area contributed by atoms with E-state index in [1.165, 1.54) is 0 Å². The zero-order chi connectivity index (χ0) is 15.3. The van der Waals surface area contributed by atoms with Gasteiger partial charge in [-0.05, 0) is 32.9 Å². The zero-order valence-corrected chi connectivity index (χ0v) is 12.1. The van der Waals surface area contributed by atoms with E-state index in [1.807, 2.05) is 20.8 Å². The Morgan fingerprint density at radius 3 is 2.65 bits per heavy atom. The maximum atomic E-state index is 11.3. The molecule has 0 spiro atoms. The molecule has 1 aromatic carbocycles. The number of carbonyl (C=O) groups is 1. The Morgan fingerprint density at radius 1 is 1.45 bits per heavy atom. The van der Waals surface area contributed by atoms with E-state index >= 15 is 0 Å². The topological polar surface area (TPSA) is 111 Å².